The molecule has 1 nitrogen and oxygen atoms in total. The monoisotopic (exact) mass is 192 g/mol. The lowest BCUT2D eigenvalue weighted by atomic mass is 10.0. The van der Waals surface area contributed by atoms with Gasteiger partial charge in [-0.3, -0.25) is 0 Å². The van der Waals surface area contributed by atoms with Crippen LogP contribution in [0.5, 0.6) is 0 Å². The summed E-state index contributed by atoms with van der Waals surface area (Å²) in [5, 5.41) is 0. The van der Waals surface area contributed by atoms with Gasteiger partial charge in [0.1, 0.15) is 0 Å². The third kappa shape index (κ3) is 6.93. The van der Waals surface area contributed by atoms with Gasteiger partial charge in [0.2, 0.25) is 0 Å². The average molecular weight is 193 g/mol. The first-order chi connectivity index (χ1) is 5.85. The summed E-state index contributed by atoms with van der Waals surface area (Å²) >= 11 is 5.82. The molecule has 0 spiro atoms. The molecule has 0 aromatic rings. The number of hydrogen-bond donors (Lipinski definition) is 0. The number of ether oxygens (including phenoxy) is 1. The Labute approximate surface area is 81.4 Å². The van der Waals surface area contributed by atoms with Crippen molar-refractivity contribution in [2.45, 2.75) is 39.5 Å². The number of hydrogen-bond acceptors (Lipinski definition) is 1. The van der Waals surface area contributed by atoms with E-state index in [-0.39, 0.29) is 0 Å². The van der Waals surface area contributed by atoms with Crippen LogP contribution in [0.25, 0.3) is 0 Å². The molecule has 0 rings (SSSR count). The Morgan fingerprint density at radius 2 is 2.00 bits per heavy atom. The molecular weight excluding hydrogens is 172 g/mol. The second-order valence-corrected chi connectivity index (χ2v) is 3.46. The van der Waals surface area contributed by atoms with Crippen molar-refractivity contribution in [3.8, 4) is 0 Å². The minimum atomic E-state index is 0.706. The van der Waals surface area contributed by atoms with Gasteiger partial charge in [-0.1, -0.05) is 13.3 Å². The molecule has 0 aliphatic heterocycles. The van der Waals surface area contributed by atoms with Crippen molar-refractivity contribution < 1.29 is 4.74 Å². The maximum Gasteiger partial charge on any atom is 0.0466 e. The zero-order valence-electron chi connectivity index (χ0n) is 8.31. The highest BCUT2D eigenvalue weighted by atomic mass is 35.5. The van der Waals surface area contributed by atoms with E-state index in [9.17, 15) is 0 Å². The van der Waals surface area contributed by atoms with Crippen LogP contribution in [0.1, 0.15) is 39.5 Å². The van der Waals surface area contributed by atoms with E-state index in [1.54, 1.807) is 0 Å². The van der Waals surface area contributed by atoms with Gasteiger partial charge in [-0.15, -0.1) is 11.6 Å². The molecule has 0 aliphatic rings. The second kappa shape index (κ2) is 9.34. The Hall–Kier alpha value is 0.250. The van der Waals surface area contributed by atoms with Crippen molar-refractivity contribution in [2.24, 2.45) is 5.92 Å². The van der Waals surface area contributed by atoms with Gasteiger partial charge in [0.15, 0.2) is 0 Å². The van der Waals surface area contributed by atoms with Crippen LogP contribution in [-0.4, -0.2) is 19.1 Å². The summed E-state index contributed by atoms with van der Waals surface area (Å²) in [4.78, 5) is 0. The second-order valence-electron chi connectivity index (χ2n) is 3.15. The average Bonchev–Trinajstić information content (AvgIpc) is 2.10. The predicted molar refractivity (Wildman–Crippen MR) is 54.8 cm³/mol. The van der Waals surface area contributed by atoms with Crippen LogP contribution in [0.2, 0.25) is 0 Å². The first kappa shape index (κ1) is 12.2. The van der Waals surface area contributed by atoms with E-state index in [0.717, 1.165) is 25.5 Å². The third-order valence-corrected chi connectivity index (χ3v) is 2.46. The summed E-state index contributed by atoms with van der Waals surface area (Å²) < 4.78 is 5.26. The largest absolute Gasteiger partial charge is 0.382 e. The van der Waals surface area contributed by atoms with E-state index in [2.05, 4.69) is 6.92 Å². The fourth-order valence-corrected chi connectivity index (χ4v) is 1.63. The molecule has 0 aromatic carbocycles. The van der Waals surface area contributed by atoms with Gasteiger partial charge < -0.3 is 4.74 Å². The van der Waals surface area contributed by atoms with Gasteiger partial charge in [0, 0.05) is 19.1 Å². The maximum atomic E-state index is 5.82. The molecule has 0 heterocycles. The fraction of sp³-hybridized carbons (Fsp3) is 1.00. The lowest BCUT2D eigenvalue weighted by Crippen LogP contribution is -2.04. The Balaban J connectivity index is 3.19. The van der Waals surface area contributed by atoms with Crippen LogP contribution in [0, 0.1) is 5.92 Å². The molecule has 0 saturated heterocycles. The van der Waals surface area contributed by atoms with Gasteiger partial charge in [-0.25, -0.2) is 0 Å². The highest BCUT2D eigenvalue weighted by molar-refractivity contribution is 6.18. The van der Waals surface area contributed by atoms with Crippen LogP contribution in [0.3, 0.4) is 0 Å². The zero-order valence-corrected chi connectivity index (χ0v) is 9.07. The van der Waals surface area contributed by atoms with E-state index in [0.29, 0.717) is 5.92 Å². The van der Waals surface area contributed by atoms with Crippen molar-refractivity contribution in [1.29, 1.82) is 0 Å². The van der Waals surface area contributed by atoms with Crippen molar-refractivity contribution in [3.05, 3.63) is 0 Å². The summed E-state index contributed by atoms with van der Waals surface area (Å²) in [6.07, 6.45) is 4.88. The Morgan fingerprint density at radius 1 is 1.25 bits per heavy atom. The molecule has 0 radical (unpaired) electrons. The standard InChI is InChI=1S/C10H21ClO/c1-3-6-10(9-11)7-5-8-12-4-2/h10H,3-9H2,1-2H3. The normalized spacial score (nSPS) is 13.2. The van der Waals surface area contributed by atoms with Gasteiger partial charge in [-0.05, 0) is 32.1 Å². The van der Waals surface area contributed by atoms with E-state index < -0.39 is 0 Å². The number of rotatable bonds is 8. The molecule has 74 valence electrons. The maximum absolute atomic E-state index is 5.82. The Bertz CT molecular complexity index is 85.9. The molecule has 0 aromatic heterocycles. The summed E-state index contributed by atoms with van der Waals surface area (Å²) in [7, 11) is 0. The summed E-state index contributed by atoms with van der Waals surface area (Å²) in [6.45, 7) is 5.97. The minimum absolute atomic E-state index is 0.706. The molecule has 0 fully saturated rings. The fourth-order valence-electron chi connectivity index (χ4n) is 1.33. The molecule has 12 heavy (non-hydrogen) atoms. The molecule has 0 saturated carbocycles. The van der Waals surface area contributed by atoms with Gasteiger partial charge in [0.25, 0.3) is 0 Å². The van der Waals surface area contributed by atoms with Crippen molar-refractivity contribution in [1.82, 2.24) is 0 Å². The Kier molecular flexibility index (Phi) is 9.53. The smallest absolute Gasteiger partial charge is 0.0466 e. The van der Waals surface area contributed by atoms with Crippen LogP contribution < -0.4 is 0 Å². The number of alkyl halides is 1. The quantitative estimate of drug-likeness (QED) is 0.423. The number of halogens is 1. The lowest BCUT2D eigenvalue weighted by Gasteiger charge is -2.11. The molecule has 2 heteroatoms. The molecule has 0 aliphatic carbocycles. The van der Waals surface area contributed by atoms with Gasteiger partial charge in [-0.2, -0.15) is 0 Å². The van der Waals surface area contributed by atoms with Crippen molar-refractivity contribution >= 4 is 11.6 Å². The zero-order chi connectivity index (χ0) is 9.23. The van der Waals surface area contributed by atoms with Crippen LogP contribution in [0.4, 0.5) is 0 Å². The Morgan fingerprint density at radius 3 is 2.50 bits per heavy atom. The third-order valence-electron chi connectivity index (χ3n) is 2.02. The highest BCUT2D eigenvalue weighted by Crippen LogP contribution is 2.14. The van der Waals surface area contributed by atoms with E-state index in [4.69, 9.17) is 16.3 Å². The first-order valence-corrected chi connectivity index (χ1v) is 5.52. The summed E-state index contributed by atoms with van der Waals surface area (Å²) in [5.41, 5.74) is 0. The molecule has 0 N–H and O–H groups in total. The molecule has 1 unspecified atom stereocenters. The molecule has 0 bridgehead atoms. The SMILES string of the molecule is CCCC(CCl)CCCOCC. The van der Waals surface area contributed by atoms with Gasteiger partial charge >= 0.3 is 0 Å². The summed E-state index contributed by atoms with van der Waals surface area (Å²) in [6, 6.07) is 0. The first-order valence-electron chi connectivity index (χ1n) is 4.98. The molecule has 0 amide bonds. The van der Waals surface area contributed by atoms with E-state index in [1.807, 2.05) is 6.92 Å². The van der Waals surface area contributed by atoms with Crippen LogP contribution in [0.15, 0.2) is 0 Å². The van der Waals surface area contributed by atoms with E-state index in [1.165, 1.54) is 19.3 Å². The predicted octanol–water partition coefficient (Wildman–Crippen LogP) is 3.46. The van der Waals surface area contributed by atoms with Crippen molar-refractivity contribution in [2.75, 3.05) is 19.1 Å². The highest BCUT2D eigenvalue weighted by Gasteiger charge is 2.04. The van der Waals surface area contributed by atoms with Crippen LogP contribution in [-0.2, 0) is 4.74 Å². The van der Waals surface area contributed by atoms with Crippen molar-refractivity contribution in [3.63, 3.8) is 0 Å². The summed E-state index contributed by atoms with van der Waals surface area (Å²) in [5.74, 6) is 1.51. The van der Waals surface area contributed by atoms with Crippen LogP contribution >= 0.6 is 11.6 Å². The van der Waals surface area contributed by atoms with Gasteiger partial charge in [0.05, 0.1) is 0 Å². The lowest BCUT2D eigenvalue weighted by molar-refractivity contribution is 0.139. The molecule has 1 atom stereocenters. The molecular formula is C10H21ClO. The topological polar surface area (TPSA) is 9.23 Å². The van der Waals surface area contributed by atoms with E-state index >= 15 is 0 Å². The minimum Gasteiger partial charge on any atom is -0.382 e.